The van der Waals surface area contributed by atoms with Gasteiger partial charge in [0, 0.05) is 18.3 Å². The number of carbonyl (C=O) groups excluding carboxylic acids is 3. The highest BCUT2D eigenvalue weighted by Crippen LogP contribution is 2.43. The van der Waals surface area contributed by atoms with E-state index in [0.717, 1.165) is 28.0 Å². The summed E-state index contributed by atoms with van der Waals surface area (Å²) in [6, 6.07) is 10.5. The molecule has 2 heterocycles. The number of fused-ring (bicyclic) bond motifs is 1. The van der Waals surface area contributed by atoms with E-state index in [1.165, 1.54) is 11.3 Å². The van der Waals surface area contributed by atoms with Crippen LogP contribution in [0.3, 0.4) is 0 Å². The smallest absolute Gasteiger partial charge is 0.335 e. The molecule has 6 heteroatoms. The lowest BCUT2D eigenvalue weighted by atomic mass is 9.79. The summed E-state index contributed by atoms with van der Waals surface area (Å²) in [6.07, 6.45) is 2.61. The molecule has 1 N–H and O–H groups in total. The standard InChI is InChI=1S/C26H29N3O3/c1-15-7-9-19(10-8-15)29-24(31)21(23(30)27-25(29)32)13-18-12-20-17(3)14-26(4,5)28(6)22(20)11-16(18)2/h7-13,17H,14H2,1-6H3,(H,27,30,32)/b21-13+/t17-/m0/s1. The molecule has 1 saturated heterocycles. The molecule has 0 saturated carbocycles. The van der Waals surface area contributed by atoms with Crippen LogP contribution in [0.1, 0.15) is 55.4 Å². The molecule has 0 unspecified atom stereocenters. The predicted molar refractivity (Wildman–Crippen MR) is 127 cm³/mol. The number of barbiturate groups is 1. The van der Waals surface area contributed by atoms with Gasteiger partial charge >= 0.3 is 6.03 Å². The minimum absolute atomic E-state index is 0.0486. The van der Waals surface area contributed by atoms with Crippen molar-refractivity contribution in [2.45, 2.75) is 52.5 Å². The Bertz CT molecular complexity index is 1160. The zero-order valence-corrected chi connectivity index (χ0v) is 19.4. The van der Waals surface area contributed by atoms with Gasteiger partial charge in [-0.05, 0) is 87.1 Å². The van der Waals surface area contributed by atoms with E-state index in [1.54, 1.807) is 18.2 Å². The minimum atomic E-state index is -0.736. The summed E-state index contributed by atoms with van der Waals surface area (Å²) in [7, 11) is 2.10. The Morgan fingerprint density at radius 3 is 2.38 bits per heavy atom. The number of imide groups is 2. The van der Waals surface area contributed by atoms with Crippen molar-refractivity contribution in [3.63, 3.8) is 0 Å². The maximum absolute atomic E-state index is 13.2. The monoisotopic (exact) mass is 431 g/mol. The van der Waals surface area contributed by atoms with E-state index in [0.29, 0.717) is 11.6 Å². The summed E-state index contributed by atoms with van der Waals surface area (Å²) in [5.41, 5.74) is 5.57. The fourth-order valence-corrected chi connectivity index (χ4v) is 4.63. The van der Waals surface area contributed by atoms with Gasteiger partial charge in [0.05, 0.1) is 5.69 Å². The molecule has 4 amide bonds. The summed E-state index contributed by atoms with van der Waals surface area (Å²) in [6.45, 7) is 10.6. The van der Waals surface area contributed by atoms with Gasteiger partial charge in [0.15, 0.2) is 0 Å². The van der Waals surface area contributed by atoms with E-state index in [2.05, 4.69) is 50.2 Å². The van der Waals surface area contributed by atoms with Crippen LogP contribution in [-0.4, -0.2) is 30.4 Å². The lowest BCUT2D eigenvalue weighted by molar-refractivity contribution is -0.122. The number of nitrogens with one attached hydrogen (secondary N) is 1. The molecule has 2 aromatic carbocycles. The van der Waals surface area contributed by atoms with Gasteiger partial charge in [-0.2, -0.15) is 0 Å². The van der Waals surface area contributed by atoms with Crippen molar-refractivity contribution in [2.24, 2.45) is 0 Å². The van der Waals surface area contributed by atoms with Crippen molar-refractivity contribution < 1.29 is 14.4 Å². The maximum atomic E-state index is 13.2. The van der Waals surface area contributed by atoms with Crippen molar-refractivity contribution in [3.8, 4) is 0 Å². The van der Waals surface area contributed by atoms with Gasteiger partial charge in [0.1, 0.15) is 5.57 Å². The number of anilines is 2. The Kier molecular flexibility index (Phi) is 5.19. The Labute approximate surface area is 188 Å². The highest BCUT2D eigenvalue weighted by Gasteiger charge is 2.38. The summed E-state index contributed by atoms with van der Waals surface area (Å²) in [5, 5.41) is 2.30. The first-order chi connectivity index (χ1) is 15.0. The summed E-state index contributed by atoms with van der Waals surface area (Å²) in [5.74, 6) is -0.951. The van der Waals surface area contributed by atoms with Gasteiger partial charge in [-0.1, -0.05) is 24.6 Å². The van der Waals surface area contributed by atoms with Crippen molar-refractivity contribution in [1.82, 2.24) is 5.32 Å². The molecule has 0 spiro atoms. The normalized spacial score (nSPS) is 21.6. The molecule has 0 bridgehead atoms. The quantitative estimate of drug-likeness (QED) is 0.553. The minimum Gasteiger partial charge on any atom is -0.369 e. The number of amides is 4. The van der Waals surface area contributed by atoms with E-state index in [-0.39, 0.29) is 11.1 Å². The number of nitrogens with zero attached hydrogens (tertiary/aromatic N) is 2. The molecule has 1 atom stereocenters. The fourth-order valence-electron chi connectivity index (χ4n) is 4.63. The molecule has 2 aromatic rings. The topological polar surface area (TPSA) is 69.7 Å². The summed E-state index contributed by atoms with van der Waals surface area (Å²) in [4.78, 5) is 41.5. The number of urea groups is 1. The van der Waals surface area contributed by atoms with Crippen LogP contribution in [-0.2, 0) is 9.59 Å². The van der Waals surface area contributed by atoms with E-state index >= 15 is 0 Å². The predicted octanol–water partition coefficient (Wildman–Crippen LogP) is 4.69. The summed E-state index contributed by atoms with van der Waals surface area (Å²) < 4.78 is 0. The molecule has 4 rings (SSSR count). The highest BCUT2D eigenvalue weighted by molar-refractivity contribution is 6.39. The number of carbonyl (C=O) groups is 3. The lowest BCUT2D eigenvalue weighted by Gasteiger charge is -2.45. The number of hydrogen-bond acceptors (Lipinski definition) is 4. The van der Waals surface area contributed by atoms with Gasteiger partial charge < -0.3 is 4.90 Å². The van der Waals surface area contributed by atoms with Crippen LogP contribution in [0, 0.1) is 13.8 Å². The first-order valence-corrected chi connectivity index (χ1v) is 10.9. The van der Waals surface area contributed by atoms with Crippen LogP contribution in [0.4, 0.5) is 16.2 Å². The number of hydrogen-bond donors (Lipinski definition) is 1. The van der Waals surface area contributed by atoms with E-state index < -0.39 is 17.8 Å². The maximum Gasteiger partial charge on any atom is 0.335 e. The van der Waals surface area contributed by atoms with Crippen molar-refractivity contribution in [1.29, 1.82) is 0 Å². The molecule has 1 fully saturated rings. The zero-order chi connectivity index (χ0) is 23.4. The van der Waals surface area contributed by atoms with E-state index in [1.807, 2.05) is 26.0 Å². The van der Waals surface area contributed by atoms with Gasteiger partial charge in [-0.25, -0.2) is 9.69 Å². The molecular weight excluding hydrogens is 402 g/mol. The molecule has 2 aliphatic heterocycles. The number of benzene rings is 2. The number of aryl methyl sites for hydroxylation is 2. The second-order valence-electron chi connectivity index (χ2n) is 9.54. The van der Waals surface area contributed by atoms with Gasteiger partial charge in [0.25, 0.3) is 11.8 Å². The van der Waals surface area contributed by atoms with Gasteiger partial charge in [-0.3, -0.25) is 14.9 Å². The fraction of sp³-hybridized carbons (Fsp3) is 0.346. The van der Waals surface area contributed by atoms with Crippen LogP contribution < -0.4 is 15.1 Å². The zero-order valence-electron chi connectivity index (χ0n) is 19.4. The molecular formula is C26H29N3O3. The third kappa shape index (κ3) is 3.60. The van der Waals surface area contributed by atoms with Crippen LogP contribution in [0.5, 0.6) is 0 Å². The van der Waals surface area contributed by atoms with Crippen LogP contribution >= 0.6 is 0 Å². The van der Waals surface area contributed by atoms with E-state index in [4.69, 9.17) is 0 Å². The lowest BCUT2D eigenvalue weighted by Crippen LogP contribution is -2.54. The third-order valence-corrected chi connectivity index (χ3v) is 6.72. The second-order valence-corrected chi connectivity index (χ2v) is 9.54. The van der Waals surface area contributed by atoms with Crippen LogP contribution in [0.2, 0.25) is 0 Å². The van der Waals surface area contributed by atoms with E-state index in [9.17, 15) is 14.4 Å². The first kappa shape index (κ1) is 21.8. The Balaban J connectivity index is 1.77. The Morgan fingerprint density at radius 2 is 1.72 bits per heavy atom. The molecule has 6 nitrogen and oxygen atoms in total. The first-order valence-electron chi connectivity index (χ1n) is 10.9. The van der Waals surface area contributed by atoms with Crippen LogP contribution in [0.15, 0.2) is 42.0 Å². The second kappa shape index (κ2) is 7.62. The largest absolute Gasteiger partial charge is 0.369 e. The number of rotatable bonds is 2. The average Bonchev–Trinajstić information content (AvgIpc) is 2.71. The Morgan fingerprint density at radius 1 is 1.06 bits per heavy atom. The SMILES string of the molecule is Cc1ccc(N2C(=O)NC(=O)/C(=C\c3cc4c(cc3C)N(C)C(C)(C)C[C@@H]4C)C2=O)cc1. The highest BCUT2D eigenvalue weighted by atomic mass is 16.2. The molecule has 166 valence electrons. The van der Waals surface area contributed by atoms with Crippen molar-refractivity contribution in [2.75, 3.05) is 16.8 Å². The average molecular weight is 432 g/mol. The van der Waals surface area contributed by atoms with Crippen LogP contribution in [0.25, 0.3) is 6.08 Å². The molecule has 0 aliphatic carbocycles. The van der Waals surface area contributed by atoms with Gasteiger partial charge in [-0.15, -0.1) is 0 Å². The Hall–Kier alpha value is -3.41. The summed E-state index contributed by atoms with van der Waals surface area (Å²) >= 11 is 0. The third-order valence-electron chi connectivity index (χ3n) is 6.72. The van der Waals surface area contributed by atoms with Crippen molar-refractivity contribution >= 4 is 35.3 Å². The molecule has 0 radical (unpaired) electrons. The van der Waals surface area contributed by atoms with Crippen molar-refractivity contribution in [3.05, 3.63) is 64.2 Å². The molecule has 2 aliphatic rings. The van der Waals surface area contributed by atoms with Gasteiger partial charge in [0.2, 0.25) is 0 Å². The molecule has 32 heavy (non-hydrogen) atoms. The molecule has 0 aromatic heterocycles.